The Labute approximate surface area is 164 Å². The first-order chi connectivity index (χ1) is 13.0. The van der Waals surface area contributed by atoms with Gasteiger partial charge in [0.05, 0.1) is 6.04 Å². The van der Waals surface area contributed by atoms with Crippen LogP contribution in [0.15, 0.2) is 41.1 Å². The number of hydrogen-bond acceptors (Lipinski definition) is 5. The molecule has 1 unspecified atom stereocenters. The maximum atomic E-state index is 12.3. The van der Waals surface area contributed by atoms with Gasteiger partial charge in [0.25, 0.3) is 0 Å². The Morgan fingerprint density at radius 1 is 1.15 bits per heavy atom. The van der Waals surface area contributed by atoms with Crippen LogP contribution in [0.1, 0.15) is 17.2 Å². The molecule has 27 heavy (non-hydrogen) atoms. The van der Waals surface area contributed by atoms with Gasteiger partial charge in [-0.15, -0.1) is 0 Å². The molecule has 0 spiro atoms. The average molecular weight is 387 g/mol. The molecule has 144 valence electrons. The summed E-state index contributed by atoms with van der Waals surface area (Å²) >= 11 is 1.65. The molecule has 1 atom stereocenters. The predicted octanol–water partition coefficient (Wildman–Crippen LogP) is 2.10. The highest BCUT2D eigenvalue weighted by Crippen LogP contribution is 2.23. The summed E-state index contributed by atoms with van der Waals surface area (Å²) in [4.78, 5) is 29.2. The Balaban J connectivity index is 1.59. The molecule has 1 saturated heterocycles. The van der Waals surface area contributed by atoms with E-state index in [-0.39, 0.29) is 6.04 Å². The number of nitrogens with one attached hydrogen (secondary N) is 2. The van der Waals surface area contributed by atoms with Gasteiger partial charge in [-0.3, -0.25) is 14.5 Å². The summed E-state index contributed by atoms with van der Waals surface area (Å²) in [7, 11) is 2.12. The highest BCUT2D eigenvalue weighted by molar-refractivity contribution is 7.08. The minimum atomic E-state index is -0.636. The third-order valence-electron chi connectivity index (χ3n) is 4.84. The van der Waals surface area contributed by atoms with Crippen LogP contribution in [0.5, 0.6) is 0 Å². The van der Waals surface area contributed by atoms with Crippen LogP contribution in [0.4, 0.5) is 5.69 Å². The van der Waals surface area contributed by atoms with Gasteiger partial charge in [-0.05, 0) is 54.1 Å². The van der Waals surface area contributed by atoms with Crippen molar-refractivity contribution >= 4 is 28.8 Å². The van der Waals surface area contributed by atoms with Gasteiger partial charge in [-0.1, -0.05) is 12.1 Å². The molecule has 2 aromatic rings. The quantitative estimate of drug-likeness (QED) is 0.773. The summed E-state index contributed by atoms with van der Waals surface area (Å²) in [6.45, 7) is 6.26. The zero-order chi connectivity index (χ0) is 19.2. The third-order valence-corrected chi connectivity index (χ3v) is 5.55. The molecule has 3 rings (SSSR count). The van der Waals surface area contributed by atoms with Gasteiger partial charge in [0.1, 0.15) is 0 Å². The van der Waals surface area contributed by atoms with E-state index in [0.717, 1.165) is 31.7 Å². The lowest BCUT2D eigenvalue weighted by Crippen LogP contribution is -2.49. The van der Waals surface area contributed by atoms with Gasteiger partial charge in [0, 0.05) is 38.4 Å². The van der Waals surface area contributed by atoms with E-state index in [1.807, 2.05) is 30.5 Å². The second-order valence-corrected chi connectivity index (χ2v) is 7.73. The van der Waals surface area contributed by atoms with Crippen molar-refractivity contribution in [1.82, 2.24) is 15.1 Å². The molecule has 6 nitrogen and oxygen atoms in total. The number of likely N-dealkylation sites (N-methyl/N-ethyl adjacent to an activating group) is 1. The number of carbonyl (C=O) groups is 2. The molecule has 1 aromatic heterocycles. The molecule has 0 aliphatic carbocycles. The van der Waals surface area contributed by atoms with E-state index in [9.17, 15) is 9.59 Å². The van der Waals surface area contributed by atoms with Crippen LogP contribution in [0.25, 0.3) is 0 Å². The van der Waals surface area contributed by atoms with E-state index in [0.29, 0.717) is 12.2 Å². The maximum absolute atomic E-state index is 12.3. The maximum Gasteiger partial charge on any atom is 0.313 e. The van der Waals surface area contributed by atoms with Crippen LogP contribution in [-0.4, -0.2) is 61.4 Å². The molecule has 2 heterocycles. The van der Waals surface area contributed by atoms with Crippen molar-refractivity contribution in [2.24, 2.45) is 0 Å². The van der Waals surface area contributed by atoms with E-state index in [1.165, 1.54) is 5.56 Å². The number of aryl methyl sites for hydroxylation is 1. The first kappa shape index (κ1) is 19.5. The van der Waals surface area contributed by atoms with Crippen molar-refractivity contribution in [1.29, 1.82) is 0 Å². The second kappa shape index (κ2) is 9.12. The summed E-state index contributed by atoms with van der Waals surface area (Å²) in [5.74, 6) is -1.24. The number of thiophene rings is 1. The van der Waals surface area contributed by atoms with E-state index >= 15 is 0 Å². The van der Waals surface area contributed by atoms with Crippen molar-refractivity contribution in [2.75, 3.05) is 45.1 Å². The molecular weight excluding hydrogens is 360 g/mol. The highest BCUT2D eigenvalue weighted by Gasteiger charge is 2.25. The number of piperazine rings is 1. The lowest BCUT2D eigenvalue weighted by molar-refractivity contribution is -0.136. The van der Waals surface area contributed by atoms with Crippen molar-refractivity contribution < 1.29 is 9.59 Å². The largest absolute Gasteiger partial charge is 0.346 e. The number of anilines is 1. The number of benzene rings is 1. The zero-order valence-corrected chi connectivity index (χ0v) is 16.6. The Morgan fingerprint density at radius 2 is 1.93 bits per heavy atom. The van der Waals surface area contributed by atoms with Crippen LogP contribution in [0, 0.1) is 6.92 Å². The van der Waals surface area contributed by atoms with Gasteiger partial charge >= 0.3 is 11.8 Å². The third kappa shape index (κ3) is 5.38. The SMILES string of the molecule is Cc1cccc(NC(=O)C(=O)NCC(c2ccsc2)N2CCN(C)CC2)c1. The van der Waals surface area contributed by atoms with Crippen LogP contribution in [0.2, 0.25) is 0 Å². The smallest absolute Gasteiger partial charge is 0.313 e. The van der Waals surface area contributed by atoms with E-state index in [2.05, 4.69) is 38.9 Å². The van der Waals surface area contributed by atoms with Crippen LogP contribution >= 0.6 is 11.3 Å². The lowest BCUT2D eigenvalue weighted by Gasteiger charge is -2.37. The number of carbonyl (C=O) groups excluding carboxylic acids is 2. The van der Waals surface area contributed by atoms with Gasteiger partial charge in [0.15, 0.2) is 0 Å². The first-order valence-corrected chi connectivity index (χ1v) is 10.1. The molecule has 7 heteroatoms. The second-order valence-electron chi connectivity index (χ2n) is 6.95. The van der Waals surface area contributed by atoms with Crippen LogP contribution in [-0.2, 0) is 9.59 Å². The van der Waals surface area contributed by atoms with Gasteiger partial charge in [-0.2, -0.15) is 11.3 Å². The van der Waals surface area contributed by atoms with Crippen LogP contribution in [0.3, 0.4) is 0 Å². The number of hydrogen-bond donors (Lipinski definition) is 2. The predicted molar refractivity (Wildman–Crippen MR) is 109 cm³/mol. The van der Waals surface area contributed by atoms with E-state index in [1.54, 1.807) is 17.4 Å². The first-order valence-electron chi connectivity index (χ1n) is 9.13. The molecule has 0 saturated carbocycles. The van der Waals surface area contributed by atoms with Crippen molar-refractivity contribution in [2.45, 2.75) is 13.0 Å². The van der Waals surface area contributed by atoms with E-state index < -0.39 is 11.8 Å². The van der Waals surface area contributed by atoms with Gasteiger partial charge in [0.2, 0.25) is 0 Å². The molecule has 0 bridgehead atoms. The van der Waals surface area contributed by atoms with E-state index in [4.69, 9.17) is 0 Å². The minimum absolute atomic E-state index is 0.0840. The molecule has 1 fully saturated rings. The normalized spacial score (nSPS) is 16.7. The molecule has 1 aliphatic heterocycles. The summed E-state index contributed by atoms with van der Waals surface area (Å²) in [6, 6.07) is 9.58. The summed E-state index contributed by atoms with van der Waals surface area (Å²) in [6.07, 6.45) is 0. The minimum Gasteiger partial charge on any atom is -0.346 e. The fourth-order valence-electron chi connectivity index (χ4n) is 3.24. The monoisotopic (exact) mass is 386 g/mol. The molecule has 1 aromatic carbocycles. The Bertz CT molecular complexity index is 770. The van der Waals surface area contributed by atoms with Crippen molar-refractivity contribution in [3.05, 3.63) is 52.2 Å². The topological polar surface area (TPSA) is 64.7 Å². The zero-order valence-electron chi connectivity index (χ0n) is 15.8. The standard InChI is InChI=1S/C20H26N4O2S/c1-15-4-3-5-17(12-15)22-20(26)19(25)21-13-18(16-6-11-27-14-16)24-9-7-23(2)8-10-24/h3-6,11-12,14,18H,7-10,13H2,1-2H3,(H,21,25)(H,22,26). The number of rotatable bonds is 5. The summed E-state index contributed by atoms with van der Waals surface area (Å²) in [5.41, 5.74) is 2.84. The Morgan fingerprint density at radius 3 is 2.59 bits per heavy atom. The average Bonchev–Trinajstić information content (AvgIpc) is 3.17. The number of nitrogens with zero attached hydrogens (tertiary/aromatic N) is 2. The molecule has 2 amide bonds. The Kier molecular flexibility index (Phi) is 6.60. The molecule has 1 aliphatic rings. The summed E-state index contributed by atoms with van der Waals surface area (Å²) < 4.78 is 0. The highest BCUT2D eigenvalue weighted by atomic mass is 32.1. The van der Waals surface area contributed by atoms with Crippen LogP contribution < -0.4 is 10.6 Å². The van der Waals surface area contributed by atoms with Gasteiger partial charge in [-0.25, -0.2) is 0 Å². The summed E-state index contributed by atoms with van der Waals surface area (Å²) in [5, 5.41) is 9.63. The lowest BCUT2D eigenvalue weighted by atomic mass is 10.1. The van der Waals surface area contributed by atoms with Crippen molar-refractivity contribution in [3.63, 3.8) is 0 Å². The van der Waals surface area contributed by atoms with Crippen molar-refractivity contribution in [3.8, 4) is 0 Å². The molecular formula is C20H26N4O2S. The number of amides is 2. The Hall–Kier alpha value is -2.22. The van der Waals surface area contributed by atoms with Gasteiger partial charge < -0.3 is 15.5 Å². The fourth-order valence-corrected chi connectivity index (χ4v) is 3.94. The fraction of sp³-hybridized carbons (Fsp3) is 0.400. The molecule has 0 radical (unpaired) electrons. The molecule has 2 N–H and O–H groups in total.